The summed E-state index contributed by atoms with van der Waals surface area (Å²) >= 11 is 11.1. The Balaban J connectivity index is 2.06. The van der Waals surface area contributed by atoms with Crippen LogP contribution in [0.4, 0.5) is 8.78 Å². The van der Waals surface area contributed by atoms with Crippen molar-refractivity contribution in [2.75, 3.05) is 0 Å². The molecule has 0 unspecified atom stereocenters. The summed E-state index contributed by atoms with van der Waals surface area (Å²) in [5.41, 5.74) is 1.40. The van der Waals surface area contributed by atoms with Crippen LogP contribution in [0.5, 0.6) is 0 Å². The average molecular weight is 330 g/mol. The second-order valence-electron chi connectivity index (χ2n) is 4.38. The van der Waals surface area contributed by atoms with Gasteiger partial charge in [-0.2, -0.15) is 0 Å². The Bertz CT molecular complexity index is 659. The molecule has 0 heterocycles. The molecule has 2 nitrogen and oxygen atoms in total. The highest BCUT2D eigenvalue weighted by Gasteiger charge is 2.15. The smallest absolute Gasteiger partial charge is 0.254 e. The van der Waals surface area contributed by atoms with Crippen LogP contribution >= 0.6 is 23.2 Å². The zero-order valence-corrected chi connectivity index (χ0v) is 12.3. The molecule has 0 saturated carbocycles. The van der Waals surface area contributed by atoms with Gasteiger partial charge in [0.2, 0.25) is 0 Å². The topological polar surface area (TPSA) is 29.1 Å². The second kappa shape index (κ2) is 6.87. The summed E-state index contributed by atoms with van der Waals surface area (Å²) in [7, 11) is 0. The number of alkyl halides is 1. The Morgan fingerprint density at radius 1 is 1.05 bits per heavy atom. The minimum absolute atomic E-state index is 0.199. The molecule has 6 heteroatoms. The molecule has 2 aromatic rings. The quantitative estimate of drug-likeness (QED) is 0.658. The van der Waals surface area contributed by atoms with Gasteiger partial charge in [-0.1, -0.05) is 35.9 Å². The number of carbonyl (C=O) groups is 1. The molecular weight excluding hydrogens is 319 g/mol. The third-order valence-corrected chi connectivity index (χ3v) is 3.48. The monoisotopic (exact) mass is 329 g/mol. The first-order valence-electron chi connectivity index (χ1n) is 6.08. The molecule has 0 fully saturated rings. The fraction of sp³-hybridized carbons (Fsp3) is 0.133. The Hall–Kier alpha value is -1.65. The summed E-state index contributed by atoms with van der Waals surface area (Å²) in [6, 6.07) is 8.83. The van der Waals surface area contributed by atoms with E-state index in [4.69, 9.17) is 23.2 Å². The van der Waals surface area contributed by atoms with Crippen molar-refractivity contribution < 1.29 is 13.6 Å². The van der Waals surface area contributed by atoms with Gasteiger partial charge in [-0.25, -0.2) is 8.78 Å². The van der Waals surface area contributed by atoms with Crippen LogP contribution in [0.25, 0.3) is 0 Å². The van der Waals surface area contributed by atoms with Gasteiger partial charge in [0.15, 0.2) is 0 Å². The molecule has 2 rings (SSSR count). The number of halogens is 4. The van der Waals surface area contributed by atoms with Crippen LogP contribution in [0.15, 0.2) is 36.4 Å². The van der Waals surface area contributed by atoms with Gasteiger partial charge in [-0.3, -0.25) is 4.79 Å². The van der Waals surface area contributed by atoms with Crippen molar-refractivity contribution in [3.63, 3.8) is 0 Å². The van der Waals surface area contributed by atoms with Gasteiger partial charge in [-0.05, 0) is 23.3 Å². The molecule has 21 heavy (non-hydrogen) atoms. The van der Waals surface area contributed by atoms with Gasteiger partial charge in [0, 0.05) is 12.4 Å². The van der Waals surface area contributed by atoms with E-state index >= 15 is 0 Å². The number of hydrogen-bond acceptors (Lipinski definition) is 1. The summed E-state index contributed by atoms with van der Waals surface area (Å²) in [4.78, 5) is 11.8. The molecule has 0 bridgehead atoms. The predicted octanol–water partition coefficient (Wildman–Crippen LogP) is 4.29. The number of rotatable bonds is 4. The van der Waals surface area contributed by atoms with E-state index in [1.807, 2.05) is 12.1 Å². The number of benzene rings is 2. The van der Waals surface area contributed by atoms with Crippen LogP contribution in [0.1, 0.15) is 21.5 Å². The third-order valence-electron chi connectivity index (χ3n) is 2.88. The number of carbonyl (C=O) groups excluding carboxylic acids is 1. The van der Waals surface area contributed by atoms with E-state index in [2.05, 4.69) is 5.32 Å². The van der Waals surface area contributed by atoms with E-state index in [0.29, 0.717) is 5.88 Å². The highest BCUT2D eigenvalue weighted by molar-refractivity contribution is 6.30. The lowest BCUT2D eigenvalue weighted by Crippen LogP contribution is -2.24. The zero-order chi connectivity index (χ0) is 15.4. The third kappa shape index (κ3) is 3.93. The van der Waals surface area contributed by atoms with E-state index in [1.165, 1.54) is 0 Å². The average Bonchev–Trinajstić information content (AvgIpc) is 2.49. The van der Waals surface area contributed by atoms with E-state index in [1.54, 1.807) is 12.1 Å². The molecule has 1 amide bonds. The summed E-state index contributed by atoms with van der Waals surface area (Å²) in [5.74, 6) is -2.00. The van der Waals surface area contributed by atoms with Crippen molar-refractivity contribution in [2.24, 2.45) is 0 Å². The highest BCUT2D eigenvalue weighted by atomic mass is 35.5. The zero-order valence-electron chi connectivity index (χ0n) is 10.8. The maximum atomic E-state index is 13.6. The molecular formula is C15H11Cl2F2NO. The van der Waals surface area contributed by atoms with Crippen LogP contribution in [-0.2, 0) is 12.4 Å². The maximum Gasteiger partial charge on any atom is 0.254 e. The first-order valence-corrected chi connectivity index (χ1v) is 6.99. The Morgan fingerprint density at radius 3 is 2.29 bits per heavy atom. The Kier molecular flexibility index (Phi) is 5.15. The summed E-state index contributed by atoms with van der Waals surface area (Å²) in [5, 5.41) is 2.16. The van der Waals surface area contributed by atoms with Crippen molar-refractivity contribution in [3.8, 4) is 0 Å². The fourth-order valence-corrected chi connectivity index (χ4v) is 2.05. The van der Waals surface area contributed by atoms with Crippen LogP contribution in [0.2, 0.25) is 5.02 Å². The maximum absolute atomic E-state index is 13.6. The van der Waals surface area contributed by atoms with Crippen molar-refractivity contribution in [1.29, 1.82) is 0 Å². The van der Waals surface area contributed by atoms with Crippen LogP contribution in [0, 0.1) is 11.6 Å². The normalized spacial score (nSPS) is 10.5. The Morgan fingerprint density at radius 2 is 1.67 bits per heavy atom. The van der Waals surface area contributed by atoms with Gasteiger partial charge in [0.1, 0.15) is 11.6 Å². The fourth-order valence-electron chi connectivity index (χ4n) is 1.72. The molecule has 0 aromatic heterocycles. The lowest BCUT2D eigenvalue weighted by molar-refractivity contribution is 0.0946. The number of amides is 1. The SMILES string of the molecule is O=C(NCc1ccc(CCl)cc1)c1cc(F)c(Cl)cc1F. The molecule has 0 aliphatic carbocycles. The molecule has 0 saturated heterocycles. The molecule has 1 N–H and O–H groups in total. The first-order chi connectivity index (χ1) is 10.0. The van der Waals surface area contributed by atoms with Crippen molar-refractivity contribution >= 4 is 29.1 Å². The summed E-state index contributed by atoms with van der Waals surface area (Å²) in [6.07, 6.45) is 0. The van der Waals surface area contributed by atoms with Crippen LogP contribution in [-0.4, -0.2) is 5.91 Å². The van der Waals surface area contributed by atoms with Crippen molar-refractivity contribution in [3.05, 3.63) is 69.7 Å². The summed E-state index contributed by atoms with van der Waals surface area (Å²) in [6.45, 7) is 0.199. The number of nitrogens with one attached hydrogen (secondary N) is 1. The van der Waals surface area contributed by atoms with E-state index in [9.17, 15) is 13.6 Å². The molecule has 2 aromatic carbocycles. The van der Waals surface area contributed by atoms with Crippen LogP contribution < -0.4 is 5.32 Å². The van der Waals surface area contributed by atoms with Crippen molar-refractivity contribution in [1.82, 2.24) is 5.32 Å². The Labute approximate surface area is 130 Å². The largest absolute Gasteiger partial charge is 0.348 e. The second-order valence-corrected chi connectivity index (χ2v) is 5.05. The minimum atomic E-state index is -0.864. The van der Waals surface area contributed by atoms with Crippen molar-refractivity contribution in [2.45, 2.75) is 12.4 Å². The minimum Gasteiger partial charge on any atom is -0.348 e. The molecule has 0 aliphatic heterocycles. The summed E-state index contributed by atoms with van der Waals surface area (Å²) < 4.78 is 26.9. The van der Waals surface area contributed by atoms with E-state index in [-0.39, 0.29) is 17.1 Å². The van der Waals surface area contributed by atoms with Gasteiger partial charge in [-0.15, -0.1) is 11.6 Å². The van der Waals surface area contributed by atoms with E-state index in [0.717, 1.165) is 23.3 Å². The molecule has 110 valence electrons. The lowest BCUT2D eigenvalue weighted by Gasteiger charge is -2.07. The van der Waals surface area contributed by atoms with E-state index < -0.39 is 17.5 Å². The van der Waals surface area contributed by atoms with Gasteiger partial charge in [0.05, 0.1) is 10.6 Å². The first kappa shape index (κ1) is 15.7. The predicted molar refractivity (Wildman–Crippen MR) is 78.5 cm³/mol. The standard InChI is InChI=1S/C15H11Cl2F2NO/c16-7-9-1-3-10(4-2-9)8-20-15(21)11-5-14(19)12(17)6-13(11)18/h1-6H,7-8H2,(H,20,21). The van der Waals surface area contributed by atoms with Gasteiger partial charge < -0.3 is 5.32 Å². The number of hydrogen-bond donors (Lipinski definition) is 1. The van der Waals surface area contributed by atoms with Gasteiger partial charge >= 0.3 is 0 Å². The molecule has 0 aliphatic rings. The lowest BCUT2D eigenvalue weighted by atomic mass is 10.1. The van der Waals surface area contributed by atoms with Gasteiger partial charge in [0.25, 0.3) is 5.91 Å². The molecule has 0 spiro atoms. The highest BCUT2D eigenvalue weighted by Crippen LogP contribution is 2.19. The molecule has 0 radical (unpaired) electrons. The van der Waals surface area contributed by atoms with Crippen LogP contribution in [0.3, 0.4) is 0 Å². The molecule has 0 atom stereocenters.